The van der Waals surface area contributed by atoms with E-state index in [0.29, 0.717) is 19.3 Å². The third-order valence-corrected chi connectivity index (χ3v) is 15.1. The number of carbonyl (C=O) groups excluding carboxylic acids is 3. The van der Waals surface area contributed by atoms with Crippen molar-refractivity contribution in [2.24, 2.45) is 0 Å². The van der Waals surface area contributed by atoms with Gasteiger partial charge in [-0.1, -0.05) is 333 Å². The first-order valence-corrected chi connectivity index (χ1v) is 33.6. The Kier molecular flexibility index (Phi) is 62.6. The van der Waals surface area contributed by atoms with Crippen LogP contribution in [0.1, 0.15) is 361 Å². The van der Waals surface area contributed by atoms with Crippen molar-refractivity contribution >= 4 is 17.9 Å². The Balaban J connectivity index is 4.20. The average Bonchev–Trinajstić information content (AvgIpc) is 3.42. The number of hydrogen-bond donors (Lipinski definition) is 0. The summed E-state index contributed by atoms with van der Waals surface area (Å²) in [4.78, 5) is 38.3. The molecule has 0 saturated heterocycles. The molecule has 0 aliphatic heterocycles. The summed E-state index contributed by atoms with van der Waals surface area (Å²) in [5.41, 5.74) is 0. The van der Waals surface area contributed by atoms with Gasteiger partial charge in [0, 0.05) is 19.3 Å². The zero-order chi connectivity index (χ0) is 55.0. The summed E-state index contributed by atoms with van der Waals surface area (Å²) in [7, 11) is 0. The Bertz CT molecular complexity index is 1310. The van der Waals surface area contributed by atoms with Crippen molar-refractivity contribution in [2.75, 3.05) is 13.2 Å². The van der Waals surface area contributed by atoms with E-state index in [1.54, 1.807) is 0 Å². The molecule has 6 nitrogen and oxygen atoms in total. The molecule has 0 radical (unpaired) electrons. The molecule has 0 spiro atoms. The molecule has 0 aliphatic rings. The predicted molar refractivity (Wildman–Crippen MR) is 330 cm³/mol. The minimum absolute atomic E-state index is 0.0784. The minimum Gasteiger partial charge on any atom is -0.462 e. The van der Waals surface area contributed by atoms with Gasteiger partial charge in [-0.25, -0.2) is 0 Å². The van der Waals surface area contributed by atoms with Crippen LogP contribution in [0.4, 0.5) is 0 Å². The normalized spacial score (nSPS) is 12.3. The van der Waals surface area contributed by atoms with E-state index in [1.807, 2.05) is 0 Å². The predicted octanol–water partition coefficient (Wildman–Crippen LogP) is 22.9. The third-order valence-electron chi connectivity index (χ3n) is 15.1. The molecule has 0 amide bonds. The van der Waals surface area contributed by atoms with Gasteiger partial charge in [0.15, 0.2) is 6.10 Å². The van der Waals surface area contributed by atoms with Gasteiger partial charge in [-0.2, -0.15) is 0 Å². The van der Waals surface area contributed by atoms with Crippen molar-refractivity contribution in [1.82, 2.24) is 0 Å². The summed E-state index contributed by atoms with van der Waals surface area (Å²) in [6.45, 7) is 6.57. The first-order valence-electron chi connectivity index (χ1n) is 33.6. The van der Waals surface area contributed by atoms with E-state index in [1.165, 1.54) is 225 Å². The van der Waals surface area contributed by atoms with Gasteiger partial charge in [0.2, 0.25) is 0 Å². The van der Waals surface area contributed by atoms with Crippen molar-refractivity contribution in [1.29, 1.82) is 0 Å². The Labute approximate surface area is 473 Å². The smallest absolute Gasteiger partial charge is 0.306 e. The maximum atomic E-state index is 12.9. The van der Waals surface area contributed by atoms with Crippen LogP contribution in [-0.4, -0.2) is 37.2 Å². The molecule has 1 atom stereocenters. The van der Waals surface area contributed by atoms with E-state index in [0.717, 1.165) is 96.3 Å². The standard InChI is InChI=1S/C70H128O6/c1-4-7-10-13-16-19-22-25-27-29-30-31-32-33-34-35-36-37-38-39-41-42-45-48-51-54-57-60-63-69(72)75-66-67(65-74-68(71)62-59-56-53-50-47-44-24-21-18-15-12-9-6-3)76-70(73)64-61-58-55-52-49-46-43-40-28-26-23-20-17-14-11-8-5-2/h8,11,17,20,26,28,43,46,67H,4-7,9-10,12-16,18-19,21-25,27,29-42,44-45,47-66H2,1-3H3/b11-8-,20-17-,28-26-,46-43-. The second-order valence-corrected chi connectivity index (χ2v) is 22.7. The highest BCUT2D eigenvalue weighted by Crippen LogP contribution is 2.18. The van der Waals surface area contributed by atoms with Crippen LogP contribution in [0.2, 0.25) is 0 Å². The fourth-order valence-electron chi connectivity index (χ4n) is 10.1. The SMILES string of the molecule is CC/C=C\C/C=C\C/C=C\C/C=C\CCCCCCC(=O)OC(COC(=O)CCCCCCCCCCCCCCC)COC(=O)CCCCCCCCCCCCCCCCCCCCCCCCCCCCCC. The second-order valence-electron chi connectivity index (χ2n) is 22.7. The Morgan fingerprint density at radius 1 is 0.276 bits per heavy atom. The number of ether oxygens (including phenoxy) is 3. The Hall–Kier alpha value is -2.63. The van der Waals surface area contributed by atoms with Crippen molar-refractivity contribution < 1.29 is 28.6 Å². The van der Waals surface area contributed by atoms with Crippen LogP contribution in [0, 0.1) is 0 Å². The van der Waals surface area contributed by atoms with Crippen molar-refractivity contribution in [3.63, 3.8) is 0 Å². The summed E-state index contributed by atoms with van der Waals surface area (Å²) in [5.74, 6) is -0.879. The van der Waals surface area contributed by atoms with Gasteiger partial charge in [0.05, 0.1) is 0 Å². The van der Waals surface area contributed by atoms with E-state index in [9.17, 15) is 14.4 Å². The van der Waals surface area contributed by atoms with Crippen LogP contribution in [-0.2, 0) is 28.6 Å². The van der Waals surface area contributed by atoms with E-state index >= 15 is 0 Å². The summed E-state index contributed by atoms with van der Waals surface area (Å²) < 4.78 is 16.9. The monoisotopic (exact) mass is 1060 g/mol. The molecular formula is C70H128O6. The minimum atomic E-state index is -0.783. The van der Waals surface area contributed by atoms with Gasteiger partial charge in [0.1, 0.15) is 13.2 Å². The Morgan fingerprint density at radius 3 is 0.803 bits per heavy atom. The summed E-state index contributed by atoms with van der Waals surface area (Å²) in [6.07, 6.45) is 81.4. The molecule has 0 heterocycles. The number of allylic oxidation sites excluding steroid dienone is 8. The van der Waals surface area contributed by atoms with E-state index in [4.69, 9.17) is 14.2 Å². The van der Waals surface area contributed by atoms with E-state index in [-0.39, 0.29) is 31.1 Å². The van der Waals surface area contributed by atoms with Gasteiger partial charge in [-0.05, 0) is 57.8 Å². The van der Waals surface area contributed by atoms with E-state index in [2.05, 4.69) is 69.4 Å². The number of carbonyl (C=O) groups is 3. The lowest BCUT2D eigenvalue weighted by Gasteiger charge is -2.18. The quantitative estimate of drug-likeness (QED) is 0.0261. The fourth-order valence-corrected chi connectivity index (χ4v) is 10.1. The first kappa shape index (κ1) is 73.4. The van der Waals surface area contributed by atoms with Crippen LogP contribution in [0.5, 0.6) is 0 Å². The summed E-state index contributed by atoms with van der Waals surface area (Å²) in [5, 5.41) is 0. The molecule has 0 fully saturated rings. The van der Waals surface area contributed by atoms with Crippen LogP contribution in [0.15, 0.2) is 48.6 Å². The summed E-state index contributed by atoms with van der Waals surface area (Å²) >= 11 is 0. The topological polar surface area (TPSA) is 78.9 Å². The maximum absolute atomic E-state index is 12.9. The molecule has 0 bridgehead atoms. The zero-order valence-corrected chi connectivity index (χ0v) is 51.0. The molecule has 0 aromatic carbocycles. The molecule has 6 heteroatoms. The van der Waals surface area contributed by atoms with Crippen molar-refractivity contribution in [3.8, 4) is 0 Å². The third kappa shape index (κ3) is 62.2. The van der Waals surface area contributed by atoms with Crippen LogP contribution in [0.25, 0.3) is 0 Å². The van der Waals surface area contributed by atoms with Gasteiger partial charge in [-0.3, -0.25) is 14.4 Å². The average molecular weight is 1070 g/mol. The number of hydrogen-bond acceptors (Lipinski definition) is 6. The molecule has 444 valence electrons. The molecule has 0 aromatic heterocycles. The van der Waals surface area contributed by atoms with Crippen LogP contribution in [0.3, 0.4) is 0 Å². The van der Waals surface area contributed by atoms with Crippen molar-refractivity contribution in [2.45, 2.75) is 367 Å². The lowest BCUT2D eigenvalue weighted by Crippen LogP contribution is -2.30. The van der Waals surface area contributed by atoms with Gasteiger partial charge >= 0.3 is 17.9 Å². The number of esters is 3. The molecular weight excluding hydrogens is 937 g/mol. The fraction of sp³-hybridized carbons (Fsp3) is 0.843. The highest BCUT2D eigenvalue weighted by molar-refractivity contribution is 5.71. The van der Waals surface area contributed by atoms with Crippen LogP contribution < -0.4 is 0 Å². The van der Waals surface area contributed by atoms with Gasteiger partial charge in [-0.15, -0.1) is 0 Å². The maximum Gasteiger partial charge on any atom is 0.306 e. The van der Waals surface area contributed by atoms with Gasteiger partial charge < -0.3 is 14.2 Å². The van der Waals surface area contributed by atoms with Crippen LogP contribution >= 0.6 is 0 Å². The van der Waals surface area contributed by atoms with E-state index < -0.39 is 6.10 Å². The molecule has 0 aliphatic carbocycles. The number of rotatable bonds is 62. The molecule has 76 heavy (non-hydrogen) atoms. The lowest BCUT2D eigenvalue weighted by molar-refractivity contribution is -0.167. The first-order chi connectivity index (χ1) is 37.5. The molecule has 0 saturated carbocycles. The van der Waals surface area contributed by atoms with Gasteiger partial charge in [0.25, 0.3) is 0 Å². The number of unbranched alkanes of at least 4 members (excludes halogenated alkanes) is 43. The molecule has 0 N–H and O–H groups in total. The second kappa shape index (κ2) is 64.9. The van der Waals surface area contributed by atoms with Crippen molar-refractivity contribution in [3.05, 3.63) is 48.6 Å². The molecule has 0 rings (SSSR count). The zero-order valence-electron chi connectivity index (χ0n) is 51.0. The highest BCUT2D eigenvalue weighted by atomic mass is 16.6. The Morgan fingerprint density at radius 2 is 0.513 bits per heavy atom. The highest BCUT2D eigenvalue weighted by Gasteiger charge is 2.19. The molecule has 0 aromatic rings. The molecule has 1 unspecified atom stereocenters. The lowest BCUT2D eigenvalue weighted by atomic mass is 10.0. The largest absolute Gasteiger partial charge is 0.462 e. The summed E-state index contributed by atoms with van der Waals surface area (Å²) in [6, 6.07) is 0.